The Balaban J connectivity index is 2.10. The summed E-state index contributed by atoms with van der Waals surface area (Å²) in [7, 11) is 1.52. The Morgan fingerprint density at radius 2 is 2.00 bits per heavy atom. The molecule has 0 aliphatic carbocycles. The standard InChI is InChI=1S/C14H13ClF3N3O/c1-22-8-11-6-12(15)21-13(20-11)19-7-9-3-2-4-10(5-9)14(16,17)18/h2-6H,7-8H2,1H3,(H,19,20,21). The molecular formula is C14H13ClF3N3O. The number of nitrogens with zero attached hydrogens (tertiary/aromatic N) is 2. The van der Waals surface area contributed by atoms with E-state index in [1.165, 1.54) is 13.2 Å². The van der Waals surface area contributed by atoms with Crippen molar-refractivity contribution in [1.29, 1.82) is 0 Å². The highest BCUT2D eigenvalue weighted by atomic mass is 35.5. The van der Waals surface area contributed by atoms with Crippen LogP contribution in [0.2, 0.25) is 5.15 Å². The van der Waals surface area contributed by atoms with Crippen molar-refractivity contribution in [3.8, 4) is 0 Å². The van der Waals surface area contributed by atoms with Crippen LogP contribution in [0.15, 0.2) is 30.3 Å². The van der Waals surface area contributed by atoms with Crippen molar-refractivity contribution in [1.82, 2.24) is 9.97 Å². The van der Waals surface area contributed by atoms with Gasteiger partial charge in [-0.3, -0.25) is 0 Å². The van der Waals surface area contributed by atoms with Crippen molar-refractivity contribution in [2.45, 2.75) is 19.3 Å². The molecule has 0 aliphatic rings. The Morgan fingerprint density at radius 1 is 1.23 bits per heavy atom. The van der Waals surface area contributed by atoms with Crippen LogP contribution in [0, 0.1) is 0 Å². The Kier molecular flexibility index (Phi) is 5.20. The predicted octanol–water partition coefficient (Wildman–Crippen LogP) is 3.91. The lowest BCUT2D eigenvalue weighted by Gasteiger charge is -2.10. The summed E-state index contributed by atoms with van der Waals surface area (Å²) in [5, 5.41) is 3.08. The van der Waals surface area contributed by atoms with Crippen molar-refractivity contribution in [2.24, 2.45) is 0 Å². The molecule has 1 N–H and O–H groups in total. The van der Waals surface area contributed by atoms with Crippen LogP contribution in [-0.2, 0) is 24.1 Å². The van der Waals surface area contributed by atoms with Crippen LogP contribution in [0.3, 0.4) is 0 Å². The SMILES string of the molecule is COCc1cc(Cl)nc(NCc2cccc(C(F)(F)F)c2)n1. The molecule has 1 heterocycles. The van der Waals surface area contributed by atoms with Crippen molar-refractivity contribution in [3.05, 3.63) is 52.3 Å². The van der Waals surface area contributed by atoms with Crippen molar-refractivity contribution < 1.29 is 17.9 Å². The molecule has 8 heteroatoms. The second-order valence-electron chi connectivity index (χ2n) is 4.49. The van der Waals surface area contributed by atoms with Crippen molar-refractivity contribution in [3.63, 3.8) is 0 Å². The van der Waals surface area contributed by atoms with Gasteiger partial charge in [0.1, 0.15) is 5.15 Å². The molecule has 0 saturated carbocycles. The molecule has 0 unspecified atom stereocenters. The minimum Gasteiger partial charge on any atom is -0.378 e. The topological polar surface area (TPSA) is 47.0 Å². The monoisotopic (exact) mass is 331 g/mol. The van der Waals surface area contributed by atoms with Gasteiger partial charge in [-0.15, -0.1) is 0 Å². The zero-order chi connectivity index (χ0) is 16.2. The summed E-state index contributed by atoms with van der Waals surface area (Å²) >= 11 is 5.86. The van der Waals surface area contributed by atoms with Crippen LogP contribution in [-0.4, -0.2) is 17.1 Å². The zero-order valence-electron chi connectivity index (χ0n) is 11.6. The molecule has 0 bridgehead atoms. The highest BCUT2D eigenvalue weighted by molar-refractivity contribution is 6.29. The third-order valence-electron chi connectivity index (χ3n) is 2.75. The number of hydrogen-bond acceptors (Lipinski definition) is 4. The normalized spacial score (nSPS) is 11.5. The molecule has 0 atom stereocenters. The van der Waals surface area contributed by atoms with Gasteiger partial charge in [-0.2, -0.15) is 13.2 Å². The Bertz CT molecular complexity index is 649. The summed E-state index contributed by atoms with van der Waals surface area (Å²) in [4.78, 5) is 8.12. The van der Waals surface area contributed by atoms with Crippen LogP contribution in [0.25, 0.3) is 0 Å². The first-order valence-electron chi connectivity index (χ1n) is 6.31. The Morgan fingerprint density at radius 3 is 2.68 bits per heavy atom. The molecule has 0 aliphatic heterocycles. The summed E-state index contributed by atoms with van der Waals surface area (Å²) in [5.41, 5.74) is 0.347. The van der Waals surface area contributed by atoms with Crippen LogP contribution in [0.1, 0.15) is 16.8 Å². The third-order valence-corrected chi connectivity index (χ3v) is 2.94. The smallest absolute Gasteiger partial charge is 0.378 e. The van der Waals surface area contributed by atoms with E-state index in [2.05, 4.69) is 15.3 Å². The fourth-order valence-electron chi connectivity index (χ4n) is 1.80. The maximum absolute atomic E-state index is 12.6. The lowest BCUT2D eigenvalue weighted by atomic mass is 10.1. The molecule has 0 amide bonds. The van der Waals surface area contributed by atoms with Gasteiger partial charge in [0.05, 0.1) is 17.9 Å². The molecule has 4 nitrogen and oxygen atoms in total. The van der Waals surface area contributed by atoms with E-state index in [0.717, 1.165) is 12.1 Å². The van der Waals surface area contributed by atoms with E-state index in [1.807, 2.05) is 0 Å². The molecule has 0 saturated heterocycles. The van der Waals surface area contributed by atoms with E-state index in [1.54, 1.807) is 12.1 Å². The predicted molar refractivity (Wildman–Crippen MR) is 76.5 cm³/mol. The number of hydrogen-bond donors (Lipinski definition) is 1. The first-order chi connectivity index (χ1) is 10.4. The number of alkyl halides is 3. The maximum atomic E-state index is 12.6. The molecule has 118 valence electrons. The fourth-order valence-corrected chi connectivity index (χ4v) is 2.01. The fraction of sp³-hybridized carbons (Fsp3) is 0.286. The van der Waals surface area contributed by atoms with Gasteiger partial charge in [0, 0.05) is 13.7 Å². The number of ether oxygens (including phenoxy) is 1. The number of aromatic nitrogens is 2. The number of nitrogens with one attached hydrogen (secondary N) is 1. The van der Waals surface area contributed by atoms with Crippen LogP contribution < -0.4 is 5.32 Å². The summed E-state index contributed by atoms with van der Waals surface area (Å²) in [5.74, 6) is 0.233. The average molecular weight is 332 g/mol. The average Bonchev–Trinajstić information content (AvgIpc) is 2.44. The number of rotatable bonds is 5. The van der Waals surface area contributed by atoms with E-state index in [9.17, 15) is 13.2 Å². The van der Waals surface area contributed by atoms with Gasteiger partial charge in [0.2, 0.25) is 5.95 Å². The van der Waals surface area contributed by atoms with Gasteiger partial charge in [-0.05, 0) is 23.8 Å². The number of benzene rings is 1. The van der Waals surface area contributed by atoms with Gasteiger partial charge in [0.25, 0.3) is 0 Å². The number of halogens is 4. The van der Waals surface area contributed by atoms with E-state index < -0.39 is 11.7 Å². The van der Waals surface area contributed by atoms with Gasteiger partial charge < -0.3 is 10.1 Å². The van der Waals surface area contributed by atoms with Crippen molar-refractivity contribution in [2.75, 3.05) is 12.4 Å². The summed E-state index contributed by atoms with van der Waals surface area (Å²) in [6, 6.07) is 6.60. The first-order valence-corrected chi connectivity index (χ1v) is 6.68. The minimum absolute atomic E-state index is 0.149. The molecule has 0 spiro atoms. The molecule has 1 aromatic heterocycles. The molecule has 2 rings (SSSR count). The van der Waals surface area contributed by atoms with Crippen LogP contribution in [0.4, 0.5) is 19.1 Å². The van der Waals surface area contributed by atoms with Gasteiger partial charge in [-0.1, -0.05) is 23.7 Å². The quantitative estimate of drug-likeness (QED) is 0.844. The summed E-state index contributed by atoms with van der Waals surface area (Å²) < 4.78 is 42.9. The first kappa shape index (κ1) is 16.5. The van der Waals surface area contributed by atoms with Gasteiger partial charge >= 0.3 is 6.18 Å². The maximum Gasteiger partial charge on any atom is 0.416 e. The third kappa shape index (κ3) is 4.57. The molecule has 1 aromatic carbocycles. The van der Waals surface area contributed by atoms with Crippen LogP contribution >= 0.6 is 11.6 Å². The van der Waals surface area contributed by atoms with Crippen LogP contribution in [0.5, 0.6) is 0 Å². The second kappa shape index (κ2) is 6.93. The minimum atomic E-state index is -4.37. The van der Waals surface area contributed by atoms with Gasteiger partial charge in [-0.25, -0.2) is 9.97 Å². The number of methoxy groups -OCH3 is 1. The molecule has 0 radical (unpaired) electrons. The van der Waals surface area contributed by atoms with Gasteiger partial charge in [0.15, 0.2) is 0 Å². The van der Waals surface area contributed by atoms with E-state index >= 15 is 0 Å². The summed E-state index contributed by atoms with van der Waals surface area (Å²) in [6.07, 6.45) is -4.37. The Hall–Kier alpha value is -1.86. The second-order valence-corrected chi connectivity index (χ2v) is 4.88. The van der Waals surface area contributed by atoms with E-state index in [0.29, 0.717) is 11.3 Å². The molecule has 22 heavy (non-hydrogen) atoms. The highest BCUT2D eigenvalue weighted by Crippen LogP contribution is 2.29. The largest absolute Gasteiger partial charge is 0.416 e. The molecule has 0 fully saturated rings. The molecular weight excluding hydrogens is 319 g/mol. The number of anilines is 1. The lowest BCUT2D eigenvalue weighted by Crippen LogP contribution is -2.08. The Labute approximate surface area is 130 Å². The summed E-state index contributed by atoms with van der Waals surface area (Å²) in [6.45, 7) is 0.414. The van der Waals surface area contributed by atoms with E-state index in [-0.39, 0.29) is 24.3 Å². The lowest BCUT2D eigenvalue weighted by molar-refractivity contribution is -0.137. The van der Waals surface area contributed by atoms with Crippen molar-refractivity contribution >= 4 is 17.5 Å². The zero-order valence-corrected chi connectivity index (χ0v) is 12.4. The highest BCUT2D eigenvalue weighted by Gasteiger charge is 2.30. The molecule has 2 aromatic rings. The van der Waals surface area contributed by atoms with E-state index in [4.69, 9.17) is 16.3 Å².